The number of rotatable bonds is 6. The second-order valence-electron chi connectivity index (χ2n) is 7.48. The topological polar surface area (TPSA) is 26.3 Å². The summed E-state index contributed by atoms with van der Waals surface area (Å²) in [6.07, 6.45) is 19.1. The number of allylic oxidation sites excluding steroid dienone is 1. The molecule has 0 spiro atoms. The second-order valence-corrected chi connectivity index (χ2v) is 7.48. The van der Waals surface area contributed by atoms with Crippen molar-refractivity contribution in [1.29, 1.82) is 0 Å². The van der Waals surface area contributed by atoms with Gasteiger partial charge in [-0.1, -0.05) is 45.1 Å². The van der Waals surface area contributed by atoms with Crippen LogP contribution in [0.1, 0.15) is 77.6 Å². The molecule has 0 heterocycles. The Bertz CT molecular complexity index is 345. The molecule has 126 valence electrons. The normalized spacial score (nSPS) is 33.0. The number of carbonyl (C=O) groups is 1. The Labute approximate surface area is 136 Å². The molecule has 0 aliphatic heterocycles. The zero-order chi connectivity index (χ0) is 15.8. The molecule has 2 rings (SSSR count). The Hall–Kier alpha value is -0.790. The fourth-order valence-electron chi connectivity index (χ4n) is 4.53. The number of unbranched alkanes of at least 4 members (excludes halogenated alkanes) is 1. The van der Waals surface area contributed by atoms with Crippen molar-refractivity contribution >= 4 is 5.97 Å². The summed E-state index contributed by atoms with van der Waals surface area (Å²) in [5.74, 6) is 3.35. The van der Waals surface area contributed by atoms with Crippen molar-refractivity contribution in [1.82, 2.24) is 0 Å². The van der Waals surface area contributed by atoms with E-state index in [1.54, 1.807) is 6.08 Å². The van der Waals surface area contributed by atoms with Crippen molar-refractivity contribution in [2.24, 2.45) is 23.7 Å². The lowest BCUT2D eigenvalue weighted by atomic mass is 9.68. The van der Waals surface area contributed by atoms with E-state index in [0.717, 1.165) is 17.8 Å². The molecule has 2 nitrogen and oxygen atoms in total. The van der Waals surface area contributed by atoms with Crippen LogP contribution in [0, 0.1) is 23.7 Å². The second kappa shape index (κ2) is 9.37. The molecular weight excluding hydrogens is 272 g/mol. The zero-order valence-electron chi connectivity index (χ0n) is 14.6. The number of hydrogen-bond acceptors (Lipinski definition) is 2. The minimum absolute atomic E-state index is 0.215. The number of methoxy groups -OCH3 is 1. The SMILES string of the molecule is CCCCC1CCC(C2CCC(C=CC(=O)OC)CC2)CC1. The molecule has 2 aliphatic carbocycles. The maximum Gasteiger partial charge on any atom is 0.330 e. The number of carbonyl (C=O) groups excluding carboxylic acids is 1. The first-order valence-corrected chi connectivity index (χ1v) is 9.49. The molecule has 0 saturated heterocycles. The number of ether oxygens (including phenoxy) is 1. The molecule has 2 saturated carbocycles. The average Bonchev–Trinajstić information content (AvgIpc) is 2.58. The van der Waals surface area contributed by atoms with Gasteiger partial charge in [0.05, 0.1) is 7.11 Å². The van der Waals surface area contributed by atoms with Gasteiger partial charge >= 0.3 is 5.97 Å². The van der Waals surface area contributed by atoms with Gasteiger partial charge in [-0.3, -0.25) is 0 Å². The molecule has 0 radical (unpaired) electrons. The molecular formula is C20H34O2. The molecule has 0 N–H and O–H groups in total. The molecule has 0 atom stereocenters. The van der Waals surface area contributed by atoms with Crippen molar-refractivity contribution in [3.05, 3.63) is 12.2 Å². The Kier molecular flexibility index (Phi) is 7.48. The predicted octanol–water partition coefficient (Wildman–Crippen LogP) is 5.52. The van der Waals surface area contributed by atoms with Gasteiger partial charge in [-0.05, 0) is 62.2 Å². The van der Waals surface area contributed by atoms with Crippen LogP contribution in [0.15, 0.2) is 12.2 Å². The lowest BCUT2D eigenvalue weighted by molar-refractivity contribution is -0.134. The lowest BCUT2D eigenvalue weighted by Crippen LogP contribution is -2.25. The lowest BCUT2D eigenvalue weighted by Gasteiger charge is -2.37. The zero-order valence-corrected chi connectivity index (χ0v) is 14.6. The van der Waals surface area contributed by atoms with Crippen LogP contribution in [0.4, 0.5) is 0 Å². The van der Waals surface area contributed by atoms with Crippen molar-refractivity contribution in [3.8, 4) is 0 Å². The Balaban J connectivity index is 1.67. The summed E-state index contributed by atoms with van der Waals surface area (Å²) in [6, 6.07) is 0. The minimum atomic E-state index is -0.215. The molecule has 2 aliphatic rings. The average molecular weight is 306 g/mol. The van der Waals surface area contributed by atoms with E-state index in [2.05, 4.69) is 17.7 Å². The van der Waals surface area contributed by atoms with E-state index in [1.165, 1.54) is 77.7 Å². The maximum atomic E-state index is 11.2. The summed E-state index contributed by atoms with van der Waals surface area (Å²) >= 11 is 0. The van der Waals surface area contributed by atoms with Crippen molar-refractivity contribution in [2.75, 3.05) is 7.11 Å². The van der Waals surface area contributed by atoms with Crippen molar-refractivity contribution in [2.45, 2.75) is 77.6 Å². The van der Waals surface area contributed by atoms with E-state index in [-0.39, 0.29) is 5.97 Å². The molecule has 0 unspecified atom stereocenters. The van der Waals surface area contributed by atoms with Gasteiger partial charge in [0.1, 0.15) is 0 Å². The Morgan fingerprint density at radius 3 is 2.14 bits per heavy atom. The van der Waals surface area contributed by atoms with E-state index < -0.39 is 0 Å². The third kappa shape index (κ3) is 5.44. The van der Waals surface area contributed by atoms with E-state index in [0.29, 0.717) is 5.92 Å². The van der Waals surface area contributed by atoms with E-state index in [9.17, 15) is 4.79 Å². The summed E-state index contributed by atoms with van der Waals surface area (Å²) < 4.78 is 4.67. The maximum absolute atomic E-state index is 11.2. The molecule has 0 aromatic rings. The highest BCUT2D eigenvalue weighted by Crippen LogP contribution is 2.42. The van der Waals surface area contributed by atoms with Gasteiger partial charge in [0.15, 0.2) is 0 Å². The van der Waals surface area contributed by atoms with E-state index in [1.807, 2.05) is 0 Å². The highest BCUT2D eigenvalue weighted by Gasteiger charge is 2.30. The molecule has 0 aromatic heterocycles. The smallest absolute Gasteiger partial charge is 0.330 e. The molecule has 2 heteroatoms. The molecule has 0 bridgehead atoms. The molecule has 22 heavy (non-hydrogen) atoms. The van der Waals surface area contributed by atoms with Crippen LogP contribution < -0.4 is 0 Å². The predicted molar refractivity (Wildman–Crippen MR) is 91.6 cm³/mol. The van der Waals surface area contributed by atoms with Gasteiger partial charge in [0.25, 0.3) is 0 Å². The van der Waals surface area contributed by atoms with Crippen molar-refractivity contribution < 1.29 is 9.53 Å². The summed E-state index contributed by atoms with van der Waals surface area (Å²) in [7, 11) is 1.44. The molecule has 0 amide bonds. The van der Waals surface area contributed by atoms with Gasteiger partial charge in [-0.2, -0.15) is 0 Å². The first kappa shape index (κ1) is 17.6. The van der Waals surface area contributed by atoms with E-state index >= 15 is 0 Å². The Morgan fingerprint density at radius 1 is 1.00 bits per heavy atom. The highest BCUT2D eigenvalue weighted by atomic mass is 16.5. The fraction of sp³-hybridized carbons (Fsp3) is 0.850. The highest BCUT2D eigenvalue weighted by molar-refractivity contribution is 5.81. The number of hydrogen-bond donors (Lipinski definition) is 0. The monoisotopic (exact) mass is 306 g/mol. The van der Waals surface area contributed by atoms with Crippen LogP contribution in [0.2, 0.25) is 0 Å². The van der Waals surface area contributed by atoms with Gasteiger partial charge in [-0.25, -0.2) is 4.79 Å². The third-order valence-electron chi connectivity index (χ3n) is 6.05. The Morgan fingerprint density at radius 2 is 1.59 bits per heavy atom. The van der Waals surface area contributed by atoms with Gasteiger partial charge in [0.2, 0.25) is 0 Å². The molecule has 0 aromatic carbocycles. The minimum Gasteiger partial charge on any atom is -0.466 e. The largest absolute Gasteiger partial charge is 0.466 e. The quantitative estimate of drug-likeness (QED) is 0.477. The van der Waals surface area contributed by atoms with E-state index in [4.69, 9.17) is 0 Å². The first-order valence-electron chi connectivity index (χ1n) is 9.49. The molecule has 2 fully saturated rings. The van der Waals surface area contributed by atoms with Crippen molar-refractivity contribution in [3.63, 3.8) is 0 Å². The summed E-state index contributed by atoms with van der Waals surface area (Å²) in [5.41, 5.74) is 0. The van der Waals surface area contributed by atoms with Crippen LogP contribution >= 0.6 is 0 Å². The van der Waals surface area contributed by atoms with Crippen LogP contribution in [-0.4, -0.2) is 13.1 Å². The third-order valence-corrected chi connectivity index (χ3v) is 6.05. The van der Waals surface area contributed by atoms with Crippen LogP contribution in [0.25, 0.3) is 0 Å². The summed E-state index contributed by atoms with van der Waals surface area (Å²) in [5, 5.41) is 0. The van der Waals surface area contributed by atoms with Gasteiger partial charge < -0.3 is 4.74 Å². The summed E-state index contributed by atoms with van der Waals surface area (Å²) in [6.45, 7) is 2.30. The number of esters is 1. The standard InChI is InChI=1S/C20H34O2/c1-3-4-5-16-6-11-18(12-7-16)19-13-8-17(9-14-19)10-15-20(21)22-2/h10,15-19H,3-9,11-14H2,1-2H3. The van der Waals surface area contributed by atoms with Gasteiger partial charge in [0, 0.05) is 6.08 Å². The van der Waals surface area contributed by atoms with Crippen LogP contribution in [0.3, 0.4) is 0 Å². The summed E-state index contributed by atoms with van der Waals surface area (Å²) in [4.78, 5) is 11.2. The van der Waals surface area contributed by atoms with Crippen LogP contribution in [0.5, 0.6) is 0 Å². The van der Waals surface area contributed by atoms with Crippen LogP contribution in [-0.2, 0) is 9.53 Å². The van der Waals surface area contributed by atoms with Gasteiger partial charge in [-0.15, -0.1) is 0 Å². The first-order chi connectivity index (χ1) is 10.7. The fourth-order valence-corrected chi connectivity index (χ4v) is 4.53.